The third-order valence-corrected chi connectivity index (χ3v) is 4.79. The van der Waals surface area contributed by atoms with Gasteiger partial charge in [0.05, 0.1) is 0 Å². The van der Waals surface area contributed by atoms with Gasteiger partial charge in [-0.25, -0.2) is 4.39 Å². The van der Waals surface area contributed by atoms with E-state index in [-0.39, 0.29) is 36.9 Å². The Labute approximate surface area is 178 Å². The fourth-order valence-electron chi connectivity index (χ4n) is 3.11. The number of ether oxygens (including phenoxy) is 1. The Bertz CT molecular complexity index is 867. The molecule has 0 fully saturated rings. The van der Waals surface area contributed by atoms with Crippen LogP contribution in [0.4, 0.5) is 4.39 Å². The van der Waals surface area contributed by atoms with Gasteiger partial charge in [0.15, 0.2) is 6.61 Å². The van der Waals surface area contributed by atoms with Crippen molar-refractivity contribution in [2.24, 2.45) is 0 Å². The van der Waals surface area contributed by atoms with Gasteiger partial charge in [0.25, 0.3) is 5.91 Å². The van der Waals surface area contributed by atoms with Gasteiger partial charge in [0.2, 0.25) is 5.91 Å². The van der Waals surface area contributed by atoms with Crippen LogP contribution in [0.15, 0.2) is 48.5 Å². The highest BCUT2D eigenvalue weighted by Gasteiger charge is 2.27. The summed E-state index contributed by atoms with van der Waals surface area (Å²) in [6, 6.07) is 12.9. The average Bonchev–Trinajstić information content (AvgIpc) is 2.70. The van der Waals surface area contributed by atoms with Gasteiger partial charge in [0.1, 0.15) is 17.6 Å². The lowest BCUT2D eigenvalue weighted by Gasteiger charge is -2.29. The molecule has 0 aliphatic heterocycles. The molecule has 162 valence electrons. The first-order valence-corrected chi connectivity index (χ1v) is 10.3. The molecule has 0 saturated heterocycles. The smallest absolute Gasteiger partial charge is 0.261 e. The molecular weight excluding hydrogens is 383 g/mol. The van der Waals surface area contributed by atoms with E-state index in [2.05, 4.69) is 5.32 Å². The Kier molecular flexibility index (Phi) is 8.39. The van der Waals surface area contributed by atoms with Crippen LogP contribution in [0.5, 0.6) is 5.75 Å². The molecule has 1 N–H and O–H groups in total. The molecule has 0 saturated carbocycles. The van der Waals surface area contributed by atoms with E-state index < -0.39 is 11.9 Å². The van der Waals surface area contributed by atoms with Gasteiger partial charge >= 0.3 is 0 Å². The van der Waals surface area contributed by atoms with E-state index in [1.165, 1.54) is 11.0 Å². The summed E-state index contributed by atoms with van der Waals surface area (Å²) >= 11 is 0. The summed E-state index contributed by atoms with van der Waals surface area (Å²) < 4.78 is 20.0. The summed E-state index contributed by atoms with van der Waals surface area (Å²) in [6.07, 6.45) is 0. The summed E-state index contributed by atoms with van der Waals surface area (Å²) in [6.45, 7) is 9.17. The summed E-state index contributed by atoms with van der Waals surface area (Å²) in [4.78, 5) is 27.0. The first kappa shape index (κ1) is 23.4. The van der Waals surface area contributed by atoms with Crippen LogP contribution in [-0.4, -0.2) is 35.4 Å². The first-order chi connectivity index (χ1) is 14.2. The minimum atomic E-state index is -0.775. The molecule has 0 radical (unpaired) electrons. The zero-order chi connectivity index (χ0) is 22.3. The predicted molar refractivity (Wildman–Crippen MR) is 116 cm³/mol. The minimum absolute atomic E-state index is 0.0205. The SMILES string of the molecule is CC(C)NC(=O)C(C)N(Cc1ccccc1F)C(=O)COc1ccccc1C(C)C. The van der Waals surface area contributed by atoms with Crippen LogP contribution < -0.4 is 10.1 Å². The Hall–Kier alpha value is -2.89. The van der Waals surface area contributed by atoms with Crippen molar-refractivity contribution in [1.29, 1.82) is 0 Å². The van der Waals surface area contributed by atoms with Crippen molar-refractivity contribution >= 4 is 11.8 Å². The second-order valence-corrected chi connectivity index (χ2v) is 7.93. The third-order valence-electron chi connectivity index (χ3n) is 4.79. The number of hydrogen-bond acceptors (Lipinski definition) is 3. The van der Waals surface area contributed by atoms with Crippen LogP contribution in [0.25, 0.3) is 0 Å². The molecule has 2 amide bonds. The molecule has 0 aromatic heterocycles. The molecule has 0 heterocycles. The van der Waals surface area contributed by atoms with Gasteiger partial charge in [-0.2, -0.15) is 0 Å². The quantitative estimate of drug-likeness (QED) is 0.667. The van der Waals surface area contributed by atoms with Gasteiger partial charge < -0.3 is 15.0 Å². The number of amides is 2. The maximum absolute atomic E-state index is 14.2. The maximum Gasteiger partial charge on any atom is 0.261 e. The Morgan fingerprint density at radius 1 is 1.00 bits per heavy atom. The number of halogens is 1. The highest BCUT2D eigenvalue weighted by atomic mass is 19.1. The number of carbonyl (C=O) groups excluding carboxylic acids is 2. The molecule has 0 aliphatic carbocycles. The molecule has 0 aliphatic rings. The molecule has 0 spiro atoms. The zero-order valence-corrected chi connectivity index (χ0v) is 18.3. The number of carbonyl (C=O) groups is 2. The molecule has 2 aromatic carbocycles. The van der Waals surface area contributed by atoms with Crippen molar-refractivity contribution in [3.8, 4) is 5.75 Å². The fraction of sp³-hybridized carbons (Fsp3) is 0.417. The maximum atomic E-state index is 14.2. The number of hydrogen-bond donors (Lipinski definition) is 1. The summed E-state index contributed by atoms with van der Waals surface area (Å²) in [5, 5.41) is 2.81. The minimum Gasteiger partial charge on any atom is -0.483 e. The molecule has 0 bridgehead atoms. The van der Waals surface area contributed by atoms with Gasteiger partial charge in [-0.1, -0.05) is 50.2 Å². The molecule has 5 nitrogen and oxygen atoms in total. The molecule has 2 aromatic rings. The average molecular weight is 415 g/mol. The first-order valence-electron chi connectivity index (χ1n) is 10.3. The molecular formula is C24H31FN2O3. The van der Waals surface area contributed by atoms with Crippen molar-refractivity contribution in [1.82, 2.24) is 10.2 Å². The van der Waals surface area contributed by atoms with E-state index in [0.29, 0.717) is 11.3 Å². The summed E-state index contributed by atoms with van der Waals surface area (Å²) in [5.74, 6) is -0.231. The summed E-state index contributed by atoms with van der Waals surface area (Å²) in [5.41, 5.74) is 1.34. The lowest BCUT2D eigenvalue weighted by molar-refractivity contribution is -0.142. The van der Waals surface area contributed by atoms with Gasteiger partial charge in [0, 0.05) is 18.2 Å². The highest BCUT2D eigenvalue weighted by molar-refractivity contribution is 5.88. The van der Waals surface area contributed by atoms with E-state index in [4.69, 9.17) is 4.74 Å². The number of rotatable bonds is 9. The van der Waals surface area contributed by atoms with Crippen LogP contribution in [0.1, 0.15) is 51.7 Å². The molecule has 6 heteroatoms. The van der Waals surface area contributed by atoms with Crippen LogP contribution in [0.3, 0.4) is 0 Å². The van der Waals surface area contributed by atoms with Crippen molar-refractivity contribution in [2.75, 3.05) is 6.61 Å². The number of nitrogens with one attached hydrogen (secondary N) is 1. The van der Waals surface area contributed by atoms with Crippen molar-refractivity contribution in [2.45, 2.75) is 59.2 Å². The van der Waals surface area contributed by atoms with E-state index >= 15 is 0 Å². The van der Waals surface area contributed by atoms with Crippen LogP contribution in [-0.2, 0) is 16.1 Å². The van der Waals surface area contributed by atoms with Crippen LogP contribution in [0.2, 0.25) is 0 Å². The predicted octanol–water partition coefficient (Wildman–Crippen LogP) is 4.27. The van der Waals surface area contributed by atoms with Crippen molar-refractivity contribution < 1.29 is 18.7 Å². The largest absolute Gasteiger partial charge is 0.483 e. The Morgan fingerprint density at radius 3 is 2.27 bits per heavy atom. The van der Waals surface area contributed by atoms with Crippen molar-refractivity contribution in [3.05, 3.63) is 65.5 Å². The van der Waals surface area contributed by atoms with Crippen LogP contribution in [0, 0.1) is 5.82 Å². The molecule has 1 unspecified atom stereocenters. The lowest BCUT2D eigenvalue weighted by Crippen LogP contribution is -2.50. The molecule has 1 atom stereocenters. The van der Waals surface area contributed by atoms with E-state index in [1.807, 2.05) is 52.0 Å². The number of nitrogens with zero attached hydrogens (tertiary/aromatic N) is 1. The second kappa shape index (κ2) is 10.8. The highest BCUT2D eigenvalue weighted by Crippen LogP contribution is 2.26. The van der Waals surface area contributed by atoms with Gasteiger partial charge in [-0.15, -0.1) is 0 Å². The third kappa shape index (κ3) is 6.31. The van der Waals surface area contributed by atoms with E-state index in [1.54, 1.807) is 25.1 Å². The zero-order valence-electron chi connectivity index (χ0n) is 18.3. The van der Waals surface area contributed by atoms with Crippen LogP contribution >= 0.6 is 0 Å². The topological polar surface area (TPSA) is 58.6 Å². The molecule has 2 rings (SSSR count). The summed E-state index contributed by atoms with van der Waals surface area (Å²) in [7, 11) is 0. The Morgan fingerprint density at radius 2 is 1.63 bits per heavy atom. The number of para-hydroxylation sites is 1. The van der Waals surface area contributed by atoms with E-state index in [9.17, 15) is 14.0 Å². The van der Waals surface area contributed by atoms with E-state index in [0.717, 1.165) is 5.56 Å². The lowest BCUT2D eigenvalue weighted by atomic mass is 10.0. The van der Waals surface area contributed by atoms with Crippen molar-refractivity contribution in [3.63, 3.8) is 0 Å². The van der Waals surface area contributed by atoms with Gasteiger partial charge in [-0.3, -0.25) is 9.59 Å². The molecule has 30 heavy (non-hydrogen) atoms. The Balaban J connectivity index is 2.21. The fourth-order valence-corrected chi connectivity index (χ4v) is 3.11. The van der Waals surface area contributed by atoms with Gasteiger partial charge in [-0.05, 0) is 44.4 Å². The standard InChI is InChI=1S/C24H31FN2O3/c1-16(2)20-11-7-9-13-22(20)30-15-23(28)27(18(5)24(29)26-17(3)4)14-19-10-6-8-12-21(19)25/h6-13,16-18H,14-15H2,1-5H3,(H,26,29). The monoisotopic (exact) mass is 414 g/mol. The second-order valence-electron chi connectivity index (χ2n) is 7.93. The number of benzene rings is 2. The normalized spacial score (nSPS) is 12.0.